The van der Waals surface area contributed by atoms with Gasteiger partial charge in [-0.25, -0.2) is 10.2 Å². The van der Waals surface area contributed by atoms with Crippen LogP contribution in [0.25, 0.3) is 0 Å². The average molecular weight is 154 g/mol. The summed E-state index contributed by atoms with van der Waals surface area (Å²) in [7, 11) is 1.42. The molecule has 1 fully saturated rings. The Hall–Kier alpha value is -1.61. The molecular weight excluding hydrogens is 148 g/mol. The van der Waals surface area contributed by atoms with Gasteiger partial charge in [0.1, 0.15) is 0 Å². The Bertz CT molecular complexity index is 243. The van der Waals surface area contributed by atoms with E-state index in [-0.39, 0.29) is 0 Å². The summed E-state index contributed by atoms with van der Waals surface area (Å²) in [4.78, 5) is 21.4. The van der Waals surface area contributed by atoms with E-state index in [9.17, 15) is 9.59 Å². The number of carbonyl (C=O) groups is 2. The predicted octanol–water partition coefficient (Wildman–Crippen LogP) is -1.44. The van der Waals surface area contributed by atoms with Crippen LogP contribution in [0.15, 0.2) is 0 Å². The summed E-state index contributed by atoms with van der Waals surface area (Å²) in [6.07, 6.45) is 0. The van der Waals surface area contributed by atoms with Gasteiger partial charge in [0.05, 0.1) is 6.07 Å². The van der Waals surface area contributed by atoms with Crippen LogP contribution in [0.4, 0.5) is 4.79 Å². The Morgan fingerprint density at radius 2 is 2.27 bits per heavy atom. The molecule has 1 rings (SSSR count). The molecule has 0 spiro atoms. The lowest BCUT2D eigenvalue weighted by Crippen LogP contribution is -2.62. The quantitative estimate of drug-likeness (QED) is 0.447. The van der Waals surface area contributed by atoms with Gasteiger partial charge in [-0.05, 0) is 0 Å². The highest BCUT2D eigenvalue weighted by molar-refractivity contribution is 6.00. The molecule has 2 N–H and O–H groups in total. The molecule has 3 amide bonds. The third-order valence-electron chi connectivity index (χ3n) is 1.25. The van der Waals surface area contributed by atoms with Crippen LogP contribution in [0.2, 0.25) is 0 Å². The number of urea groups is 1. The number of hydrogen-bond donors (Lipinski definition) is 2. The fraction of sp³-hybridized carbons (Fsp3) is 0.400. The lowest BCUT2D eigenvalue weighted by molar-refractivity contribution is -0.123. The van der Waals surface area contributed by atoms with Crippen LogP contribution in [0.3, 0.4) is 0 Å². The van der Waals surface area contributed by atoms with E-state index in [1.54, 1.807) is 6.07 Å². The van der Waals surface area contributed by atoms with Crippen molar-refractivity contribution < 1.29 is 9.59 Å². The first kappa shape index (κ1) is 7.50. The minimum Gasteiger partial charge on any atom is -0.274 e. The smallest absolute Gasteiger partial charge is 0.274 e. The van der Waals surface area contributed by atoms with Crippen molar-refractivity contribution in [3.8, 4) is 6.07 Å². The second-order valence-electron chi connectivity index (χ2n) is 2.04. The zero-order chi connectivity index (χ0) is 8.43. The summed E-state index contributed by atoms with van der Waals surface area (Å²) in [5.41, 5.74) is 2.38. The van der Waals surface area contributed by atoms with Crippen LogP contribution in [0.5, 0.6) is 0 Å². The Morgan fingerprint density at radius 3 is 2.82 bits per heavy atom. The predicted molar refractivity (Wildman–Crippen MR) is 33.8 cm³/mol. The molecule has 11 heavy (non-hydrogen) atoms. The summed E-state index contributed by atoms with van der Waals surface area (Å²) in [6.45, 7) is 0. The largest absolute Gasteiger partial charge is 0.338 e. The molecule has 1 heterocycles. The summed E-state index contributed by atoms with van der Waals surface area (Å²) in [5.74, 6) is -0.615. The van der Waals surface area contributed by atoms with E-state index in [1.165, 1.54) is 7.05 Å². The highest BCUT2D eigenvalue weighted by atomic mass is 16.2. The van der Waals surface area contributed by atoms with E-state index < -0.39 is 18.0 Å². The van der Waals surface area contributed by atoms with Crippen LogP contribution in [-0.4, -0.2) is 30.0 Å². The number of nitrogens with zero attached hydrogens (tertiary/aromatic N) is 2. The highest BCUT2D eigenvalue weighted by Gasteiger charge is 2.28. The second kappa shape index (κ2) is 2.56. The molecule has 1 atom stereocenters. The normalized spacial score (nSPS) is 24.4. The second-order valence-corrected chi connectivity index (χ2v) is 2.04. The first-order chi connectivity index (χ1) is 5.15. The molecule has 1 unspecified atom stereocenters. The molecule has 0 radical (unpaired) electrons. The van der Waals surface area contributed by atoms with Gasteiger partial charge in [-0.2, -0.15) is 5.26 Å². The number of nitriles is 1. The fourth-order valence-electron chi connectivity index (χ4n) is 0.660. The maximum atomic E-state index is 10.7. The Balaban J connectivity index is 2.71. The molecule has 1 aliphatic rings. The molecule has 1 aliphatic heterocycles. The highest BCUT2D eigenvalue weighted by Crippen LogP contribution is 1.92. The number of nitrogens with one attached hydrogen (secondary N) is 2. The SMILES string of the molecule is CN1NC(C#N)C(=O)NC1=O. The maximum Gasteiger partial charge on any atom is 0.338 e. The molecule has 1 saturated heterocycles. The number of hydrogen-bond acceptors (Lipinski definition) is 4. The van der Waals surface area contributed by atoms with Crippen molar-refractivity contribution in [2.45, 2.75) is 6.04 Å². The zero-order valence-electron chi connectivity index (χ0n) is 5.79. The van der Waals surface area contributed by atoms with Crippen LogP contribution in [0.1, 0.15) is 0 Å². The van der Waals surface area contributed by atoms with E-state index in [2.05, 4.69) is 5.43 Å². The average Bonchev–Trinajstić information content (AvgIpc) is 1.97. The minimum absolute atomic E-state index is 0.554. The topological polar surface area (TPSA) is 85.2 Å². The van der Waals surface area contributed by atoms with Crippen molar-refractivity contribution in [2.24, 2.45) is 0 Å². The van der Waals surface area contributed by atoms with Gasteiger partial charge in [-0.15, -0.1) is 0 Å². The van der Waals surface area contributed by atoms with E-state index in [0.29, 0.717) is 0 Å². The van der Waals surface area contributed by atoms with Crippen molar-refractivity contribution >= 4 is 11.9 Å². The number of imide groups is 1. The van der Waals surface area contributed by atoms with Gasteiger partial charge in [-0.3, -0.25) is 15.1 Å². The molecule has 6 nitrogen and oxygen atoms in total. The van der Waals surface area contributed by atoms with Crippen LogP contribution in [-0.2, 0) is 4.79 Å². The third-order valence-corrected chi connectivity index (χ3v) is 1.25. The van der Waals surface area contributed by atoms with Gasteiger partial charge in [0.2, 0.25) is 0 Å². The number of amides is 3. The van der Waals surface area contributed by atoms with E-state index in [1.807, 2.05) is 5.32 Å². The van der Waals surface area contributed by atoms with Crippen molar-refractivity contribution in [3.05, 3.63) is 0 Å². The standard InChI is InChI=1S/C5H6N4O2/c1-9-5(11)7-4(10)3(2-6)8-9/h3,8H,1H3,(H,7,10,11). The maximum absolute atomic E-state index is 10.7. The minimum atomic E-state index is -0.974. The lowest BCUT2D eigenvalue weighted by atomic mass is 10.3. The molecule has 0 aromatic carbocycles. The lowest BCUT2D eigenvalue weighted by Gasteiger charge is -2.26. The Kier molecular flexibility index (Phi) is 1.74. The molecule has 0 aromatic rings. The van der Waals surface area contributed by atoms with E-state index >= 15 is 0 Å². The molecule has 6 heteroatoms. The molecule has 0 aliphatic carbocycles. The molecule has 58 valence electrons. The molecule has 0 bridgehead atoms. The van der Waals surface area contributed by atoms with Crippen LogP contribution in [0, 0.1) is 11.3 Å². The van der Waals surface area contributed by atoms with Crippen LogP contribution >= 0.6 is 0 Å². The number of rotatable bonds is 0. The van der Waals surface area contributed by atoms with Crippen molar-refractivity contribution in [2.75, 3.05) is 7.05 Å². The first-order valence-electron chi connectivity index (χ1n) is 2.89. The summed E-state index contributed by atoms with van der Waals surface area (Å²) < 4.78 is 0. The molecule has 0 aromatic heterocycles. The van der Waals surface area contributed by atoms with Gasteiger partial charge in [0, 0.05) is 7.05 Å². The van der Waals surface area contributed by atoms with E-state index in [4.69, 9.17) is 5.26 Å². The monoisotopic (exact) mass is 154 g/mol. The van der Waals surface area contributed by atoms with Crippen molar-refractivity contribution in [1.82, 2.24) is 15.8 Å². The van der Waals surface area contributed by atoms with Gasteiger partial charge < -0.3 is 0 Å². The van der Waals surface area contributed by atoms with Gasteiger partial charge in [-0.1, -0.05) is 0 Å². The summed E-state index contributed by atoms with van der Waals surface area (Å²) in [6, 6.07) is 0.159. The first-order valence-corrected chi connectivity index (χ1v) is 2.89. The van der Waals surface area contributed by atoms with Crippen molar-refractivity contribution in [3.63, 3.8) is 0 Å². The van der Waals surface area contributed by atoms with E-state index in [0.717, 1.165) is 5.01 Å². The molecular formula is C5H6N4O2. The third kappa shape index (κ3) is 1.28. The number of hydrazine groups is 1. The zero-order valence-corrected chi connectivity index (χ0v) is 5.79. The number of carbonyl (C=O) groups excluding carboxylic acids is 2. The van der Waals surface area contributed by atoms with Gasteiger partial charge in [0.15, 0.2) is 6.04 Å². The van der Waals surface area contributed by atoms with Gasteiger partial charge >= 0.3 is 6.03 Å². The Labute approximate surface area is 62.7 Å². The summed E-state index contributed by atoms with van der Waals surface area (Å²) >= 11 is 0. The van der Waals surface area contributed by atoms with Gasteiger partial charge in [0.25, 0.3) is 5.91 Å². The molecule has 0 saturated carbocycles. The Morgan fingerprint density at radius 1 is 1.64 bits per heavy atom. The summed E-state index contributed by atoms with van der Waals surface area (Å²) in [5, 5.41) is 11.4. The fourth-order valence-corrected chi connectivity index (χ4v) is 0.660. The van der Waals surface area contributed by atoms with Crippen LogP contribution < -0.4 is 10.7 Å². The van der Waals surface area contributed by atoms with Crippen molar-refractivity contribution in [1.29, 1.82) is 5.26 Å².